The molecule has 1 atom stereocenters. The third-order valence-electron chi connectivity index (χ3n) is 6.35. The number of nitrogens with zero attached hydrogens (tertiary/aromatic N) is 3. The lowest BCUT2D eigenvalue weighted by atomic mass is 10.1. The molecule has 0 radical (unpaired) electrons. The Hall–Kier alpha value is -3.10. The molecule has 2 saturated heterocycles. The molecule has 180 valence electrons. The molecule has 2 fully saturated rings. The van der Waals surface area contributed by atoms with Crippen LogP contribution in [0.1, 0.15) is 12.0 Å². The summed E-state index contributed by atoms with van der Waals surface area (Å²) in [5.74, 6) is -0.700. The Labute approximate surface area is 204 Å². The molecule has 34 heavy (non-hydrogen) atoms. The summed E-state index contributed by atoms with van der Waals surface area (Å²) in [5.41, 5.74) is 2.72. The normalized spacial score (nSPS) is 19.0. The average molecular weight is 484 g/mol. The fourth-order valence-electron chi connectivity index (χ4n) is 4.43. The highest BCUT2D eigenvalue weighted by molar-refractivity contribution is 6.30. The molecule has 2 aromatic carbocycles. The van der Waals surface area contributed by atoms with Crippen molar-refractivity contribution in [2.45, 2.75) is 19.4 Å². The molecule has 9 heteroatoms. The van der Waals surface area contributed by atoms with Gasteiger partial charge in [0, 0.05) is 55.7 Å². The van der Waals surface area contributed by atoms with Crippen molar-refractivity contribution in [3.8, 4) is 0 Å². The molecule has 0 spiro atoms. The summed E-state index contributed by atoms with van der Waals surface area (Å²) in [7, 11) is 0. The van der Waals surface area contributed by atoms with E-state index < -0.39 is 6.04 Å². The van der Waals surface area contributed by atoms with Gasteiger partial charge in [-0.1, -0.05) is 35.9 Å². The first-order chi connectivity index (χ1) is 16.4. The van der Waals surface area contributed by atoms with Crippen LogP contribution in [-0.4, -0.2) is 79.4 Å². The minimum Gasteiger partial charge on any atom is -0.369 e. The van der Waals surface area contributed by atoms with Gasteiger partial charge in [0.2, 0.25) is 17.7 Å². The maximum atomic E-state index is 13.2. The third-order valence-corrected chi connectivity index (χ3v) is 6.59. The van der Waals surface area contributed by atoms with E-state index in [1.165, 1.54) is 0 Å². The fraction of sp³-hybridized carbons (Fsp3) is 0.400. The quantitative estimate of drug-likeness (QED) is 0.657. The van der Waals surface area contributed by atoms with Crippen molar-refractivity contribution in [3.05, 3.63) is 59.1 Å². The monoisotopic (exact) mass is 483 g/mol. The van der Waals surface area contributed by atoms with E-state index in [1.807, 2.05) is 55.5 Å². The molecular weight excluding hydrogens is 454 g/mol. The van der Waals surface area contributed by atoms with Gasteiger partial charge in [-0.05, 0) is 36.8 Å². The van der Waals surface area contributed by atoms with Crippen LogP contribution in [0, 0.1) is 6.92 Å². The van der Waals surface area contributed by atoms with Crippen LogP contribution in [0.4, 0.5) is 11.4 Å². The standard InChI is InChI=1S/C25H30ClN5O3/c1-18-5-2-3-8-21(18)28-23(32)16-22-25(34)27-9-10-31(22)24(33)17-29-11-13-30(14-12-29)20-7-4-6-19(26)15-20/h2-8,15,22H,9-14,16-17H2,1H3,(H,27,34)(H,28,32). The number of carbonyl (C=O) groups excluding carboxylic acids is 3. The zero-order valence-electron chi connectivity index (χ0n) is 19.3. The number of aryl methyl sites for hydroxylation is 1. The van der Waals surface area contributed by atoms with Crippen molar-refractivity contribution in [2.24, 2.45) is 0 Å². The molecule has 3 amide bonds. The third kappa shape index (κ3) is 5.87. The molecule has 4 rings (SSSR count). The van der Waals surface area contributed by atoms with Crippen LogP contribution in [0.3, 0.4) is 0 Å². The zero-order valence-corrected chi connectivity index (χ0v) is 20.1. The van der Waals surface area contributed by atoms with E-state index in [9.17, 15) is 14.4 Å². The molecule has 2 aromatic rings. The fourth-order valence-corrected chi connectivity index (χ4v) is 4.61. The predicted molar refractivity (Wildman–Crippen MR) is 133 cm³/mol. The van der Waals surface area contributed by atoms with Gasteiger partial charge in [-0.2, -0.15) is 0 Å². The Morgan fingerprint density at radius 2 is 1.82 bits per heavy atom. The van der Waals surface area contributed by atoms with E-state index in [1.54, 1.807) is 4.90 Å². The molecule has 0 aliphatic carbocycles. The summed E-state index contributed by atoms with van der Waals surface area (Å²) in [6, 6.07) is 14.4. The molecule has 2 heterocycles. The van der Waals surface area contributed by atoms with Gasteiger partial charge < -0.3 is 20.4 Å². The van der Waals surface area contributed by atoms with Gasteiger partial charge in [-0.25, -0.2) is 0 Å². The maximum Gasteiger partial charge on any atom is 0.243 e. The summed E-state index contributed by atoms with van der Waals surface area (Å²) >= 11 is 6.11. The van der Waals surface area contributed by atoms with E-state index >= 15 is 0 Å². The number of piperazine rings is 2. The predicted octanol–water partition coefficient (Wildman–Crippen LogP) is 2.13. The van der Waals surface area contributed by atoms with E-state index in [0.29, 0.717) is 23.8 Å². The highest BCUT2D eigenvalue weighted by atomic mass is 35.5. The van der Waals surface area contributed by atoms with Crippen LogP contribution in [0.25, 0.3) is 0 Å². The molecule has 2 aliphatic heterocycles. The lowest BCUT2D eigenvalue weighted by molar-refractivity contribution is -0.145. The van der Waals surface area contributed by atoms with E-state index in [0.717, 1.165) is 37.4 Å². The van der Waals surface area contributed by atoms with Gasteiger partial charge in [0.1, 0.15) is 6.04 Å². The van der Waals surface area contributed by atoms with E-state index in [-0.39, 0.29) is 30.7 Å². The number of anilines is 2. The number of hydrogen-bond donors (Lipinski definition) is 2. The van der Waals surface area contributed by atoms with Crippen molar-refractivity contribution in [3.63, 3.8) is 0 Å². The maximum absolute atomic E-state index is 13.2. The molecule has 0 saturated carbocycles. The largest absolute Gasteiger partial charge is 0.369 e. The van der Waals surface area contributed by atoms with E-state index in [2.05, 4.69) is 20.4 Å². The van der Waals surface area contributed by atoms with Crippen LogP contribution in [0.15, 0.2) is 48.5 Å². The number of benzene rings is 2. The second kappa shape index (κ2) is 10.9. The summed E-state index contributed by atoms with van der Waals surface area (Å²) in [5, 5.41) is 6.35. The van der Waals surface area contributed by atoms with Gasteiger partial charge in [-0.3, -0.25) is 19.3 Å². The van der Waals surface area contributed by atoms with Crippen LogP contribution < -0.4 is 15.5 Å². The Balaban J connectivity index is 1.33. The summed E-state index contributed by atoms with van der Waals surface area (Å²) in [6.07, 6.45) is -0.0749. The Kier molecular flexibility index (Phi) is 7.70. The van der Waals surface area contributed by atoms with Crippen LogP contribution >= 0.6 is 11.6 Å². The minimum atomic E-state index is -0.807. The van der Waals surface area contributed by atoms with Crippen molar-refractivity contribution < 1.29 is 14.4 Å². The Morgan fingerprint density at radius 1 is 1.06 bits per heavy atom. The SMILES string of the molecule is Cc1ccccc1NC(=O)CC1C(=O)NCCN1C(=O)CN1CCN(c2cccc(Cl)c2)CC1. The number of amides is 3. The summed E-state index contributed by atoms with van der Waals surface area (Å²) in [4.78, 5) is 44.3. The zero-order chi connectivity index (χ0) is 24.1. The first kappa shape index (κ1) is 24.0. The topological polar surface area (TPSA) is 85.0 Å². The Morgan fingerprint density at radius 3 is 2.56 bits per heavy atom. The summed E-state index contributed by atoms with van der Waals surface area (Å²) in [6.45, 7) is 5.97. The second-order valence-electron chi connectivity index (χ2n) is 8.70. The van der Waals surface area contributed by atoms with E-state index in [4.69, 9.17) is 11.6 Å². The highest BCUT2D eigenvalue weighted by Gasteiger charge is 2.35. The van der Waals surface area contributed by atoms with Gasteiger partial charge >= 0.3 is 0 Å². The number of rotatable bonds is 6. The van der Waals surface area contributed by atoms with Gasteiger partial charge in [0.25, 0.3) is 0 Å². The molecule has 0 bridgehead atoms. The van der Waals surface area contributed by atoms with Crippen molar-refractivity contribution in [2.75, 3.05) is 56.0 Å². The van der Waals surface area contributed by atoms with Crippen LogP contribution in [0.2, 0.25) is 5.02 Å². The number of carbonyl (C=O) groups is 3. The Bertz CT molecular complexity index is 1050. The molecule has 8 nitrogen and oxygen atoms in total. The lowest BCUT2D eigenvalue weighted by Crippen LogP contribution is -2.60. The first-order valence-electron chi connectivity index (χ1n) is 11.6. The lowest BCUT2D eigenvalue weighted by Gasteiger charge is -2.39. The molecule has 2 aliphatic rings. The smallest absolute Gasteiger partial charge is 0.243 e. The molecule has 0 aromatic heterocycles. The van der Waals surface area contributed by atoms with Crippen LogP contribution in [0.5, 0.6) is 0 Å². The van der Waals surface area contributed by atoms with Gasteiger partial charge in [-0.15, -0.1) is 0 Å². The molecular formula is C25H30ClN5O3. The highest BCUT2D eigenvalue weighted by Crippen LogP contribution is 2.21. The average Bonchev–Trinajstić information content (AvgIpc) is 2.82. The number of hydrogen-bond acceptors (Lipinski definition) is 5. The second-order valence-corrected chi connectivity index (χ2v) is 9.14. The molecule has 2 N–H and O–H groups in total. The number of nitrogens with one attached hydrogen (secondary N) is 2. The number of halogens is 1. The van der Waals surface area contributed by atoms with Crippen molar-refractivity contribution in [1.29, 1.82) is 0 Å². The first-order valence-corrected chi connectivity index (χ1v) is 11.9. The van der Waals surface area contributed by atoms with Crippen molar-refractivity contribution >= 4 is 40.7 Å². The van der Waals surface area contributed by atoms with Crippen molar-refractivity contribution in [1.82, 2.24) is 15.1 Å². The summed E-state index contributed by atoms with van der Waals surface area (Å²) < 4.78 is 0. The molecule has 1 unspecified atom stereocenters. The van der Waals surface area contributed by atoms with Gasteiger partial charge in [0.05, 0.1) is 13.0 Å². The van der Waals surface area contributed by atoms with Gasteiger partial charge in [0.15, 0.2) is 0 Å². The van der Waals surface area contributed by atoms with Crippen LogP contribution in [-0.2, 0) is 14.4 Å². The minimum absolute atomic E-state index is 0.0749. The number of para-hydroxylation sites is 1.